The van der Waals surface area contributed by atoms with Crippen molar-refractivity contribution in [1.29, 1.82) is 0 Å². The van der Waals surface area contributed by atoms with Gasteiger partial charge in [-0.25, -0.2) is 4.39 Å². The van der Waals surface area contributed by atoms with Crippen molar-refractivity contribution in [3.8, 4) is 0 Å². The largest absolute Gasteiger partial charge is 0.324 e. The van der Waals surface area contributed by atoms with Crippen LogP contribution < -0.4 is 10.2 Å². The van der Waals surface area contributed by atoms with Crippen molar-refractivity contribution in [3.63, 3.8) is 0 Å². The fourth-order valence-electron chi connectivity index (χ4n) is 2.71. The fourth-order valence-corrected chi connectivity index (χ4v) is 3.47. The van der Waals surface area contributed by atoms with Crippen molar-refractivity contribution >= 4 is 35.0 Å². The van der Waals surface area contributed by atoms with E-state index in [0.717, 1.165) is 4.90 Å². The molecule has 1 unspecified atom stereocenters. The van der Waals surface area contributed by atoms with Crippen LogP contribution in [0.5, 0.6) is 0 Å². The summed E-state index contributed by atoms with van der Waals surface area (Å²) in [5, 5.41) is 2.84. The molecule has 124 valence electrons. The molecule has 0 fully saturated rings. The molecule has 2 aromatic rings. The van der Waals surface area contributed by atoms with Crippen LogP contribution in [0.2, 0.25) is 0 Å². The van der Waals surface area contributed by atoms with Gasteiger partial charge >= 0.3 is 0 Å². The van der Waals surface area contributed by atoms with E-state index in [2.05, 4.69) is 5.32 Å². The van der Waals surface area contributed by atoms with Crippen molar-refractivity contribution in [3.05, 3.63) is 54.3 Å². The van der Waals surface area contributed by atoms with Gasteiger partial charge in [0, 0.05) is 17.4 Å². The number of carbonyl (C=O) groups excluding carboxylic acids is 2. The first kappa shape index (κ1) is 16.5. The van der Waals surface area contributed by atoms with Crippen LogP contribution in [0.25, 0.3) is 0 Å². The minimum absolute atomic E-state index is 0.0826. The lowest BCUT2D eigenvalue weighted by atomic mass is 10.2. The molecule has 0 aromatic heterocycles. The average Bonchev–Trinajstić information content (AvgIpc) is 2.68. The van der Waals surface area contributed by atoms with Gasteiger partial charge in [-0.3, -0.25) is 9.59 Å². The van der Waals surface area contributed by atoms with Crippen LogP contribution in [0.15, 0.2) is 53.4 Å². The molecule has 1 heterocycles. The zero-order chi connectivity index (χ0) is 17.1. The van der Waals surface area contributed by atoms with E-state index >= 15 is 0 Å². The van der Waals surface area contributed by atoms with E-state index in [-0.39, 0.29) is 35.8 Å². The van der Waals surface area contributed by atoms with E-state index in [1.807, 2.05) is 25.1 Å². The van der Waals surface area contributed by atoms with Crippen molar-refractivity contribution in [1.82, 2.24) is 0 Å². The smallest absolute Gasteiger partial charge is 0.237 e. The zero-order valence-corrected chi connectivity index (χ0v) is 14.0. The summed E-state index contributed by atoms with van der Waals surface area (Å²) in [6, 6.07) is 13.1. The number of para-hydroxylation sites is 2. The second kappa shape index (κ2) is 7.05. The zero-order valence-electron chi connectivity index (χ0n) is 13.2. The molecule has 24 heavy (non-hydrogen) atoms. The maximum atomic E-state index is 13.0. The second-order valence-electron chi connectivity index (χ2n) is 5.62. The van der Waals surface area contributed by atoms with Gasteiger partial charge in [0.05, 0.1) is 17.1 Å². The Bertz CT molecular complexity index is 764. The van der Waals surface area contributed by atoms with Crippen molar-refractivity contribution < 1.29 is 14.0 Å². The molecule has 2 amide bonds. The third-order valence-electron chi connectivity index (χ3n) is 3.80. The lowest BCUT2D eigenvalue weighted by molar-refractivity contribution is -0.117. The van der Waals surface area contributed by atoms with Gasteiger partial charge in [-0.05, 0) is 43.3 Å². The number of thioether (sulfide) groups is 1. The van der Waals surface area contributed by atoms with Crippen molar-refractivity contribution in [2.24, 2.45) is 0 Å². The summed E-state index contributed by atoms with van der Waals surface area (Å²) in [6.45, 7) is 1.86. The van der Waals surface area contributed by atoms with Crippen LogP contribution in [0.3, 0.4) is 0 Å². The number of amides is 2. The van der Waals surface area contributed by atoms with E-state index < -0.39 is 0 Å². The number of rotatable bonds is 3. The predicted molar refractivity (Wildman–Crippen MR) is 93.8 cm³/mol. The Balaban J connectivity index is 1.79. The monoisotopic (exact) mass is 344 g/mol. The van der Waals surface area contributed by atoms with Crippen LogP contribution in [-0.2, 0) is 9.59 Å². The first-order valence-corrected chi connectivity index (χ1v) is 8.62. The van der Waals surface area contributed by atoms with E-state index in [4.69, 9.17) is 0 Å². The van der Waals surface area contributed by atoms with Gasteiger partial charge in [0.1, 0.15) is 5.82 Å². The number of fused-ring (bicyclic) bond motifs is 1. The number of carbonyl (C=O) groups is 2. The maximum absolute atomic E-state index is 13.0. The first-order valence-electron chi connectivity index (χ1n) is 7.64. The molecule has 3 rings (SSSR count). The van der Waals surface area contributed by atoms with Crippen LogP contribution in [0.1, 0.15) is 13.3 Å². The molecule has 1 atom stereocenters. The third-order valence-corrected chi connectivity index (χ3v) is 4.80. The molecule has 1 aliphatic rings. The quantitative estimate of drug-likeness (QED) is 0.864. The highest BCUT2D eigenvalue weighted by molar-refractivity contribution is 8.00. The maximum Gasteiger partial charge on any atom is 0.237 e. The second-order valence-corrected chi connectivity index (χ2v) is 6.67. The highest BCUT2D eigenvalue weighted by Gasteiger charge is 2.29. The summed E-state index contributed by atoms with van der Waals surface area (Å²) in [7, 11) is 0. The molecule has 0 bridgehead atoms. The summed E-state index contributed by atoms with van der Waals surface area (Å²) in [5.74, 6) is -0.263. The van der Waals surface area contributed by atoms with E-state index in [1.165, 1.54) is 23.9 Å². The molecule has 0 aliphatic carbocycles. The van der Waals surface area contributed by atoms with Gasteiger partial charge < -0.3 is 10.2 Å². The molecule has 0 saturated heterocycles. The Kier molecular flexibility index (Phi) is 4.85. The predicted octanol–water partition coefficient (Wildman–Crippen LogP) is 3.68. The molecule has 1 aliphatic heterocycles. The number of hydrogen-bond acceptors (Lipinski definition) is 3. The Morgan fingerprint density at radius 3 is 2.71 bits per heavy atom. The number of anilines is 2. The highest BCUT2D eigenvalue weighted by atomic mass is 32.2. The number of hydrogen-bond donors (Lipinski definition) is 1. The first-order chi connectivity index (χ1) is 11.5. The number of nitrogens with zero attached hydrogens (tertiary/aromatic N) is 1. The number of benzene rings is 2. The molecule has 0 spiro atoms. The lowest BCUT2D eigenvalue weighted by Crippen LogP contribution is -2.40. The lowest BCUT2D eigenvalue weighted by Gasteiger charge is -2.27. The van der Waals surface area contributed by atoms with Gasteiger partial charge in [-0.2, -0.15) is 0 Å². The van der Waals surface area contributed by atoms with Gasteiger partial charge in [-0.1, -0.05) is 12.1 Å². The van der Waals surface area contributed by atoms with E-state index in [1.54, 1.807) is 23.1 Å². The summed E-state index contributed by atoms with van der Waals surface area (Å²) < 4.78 is 13.0. The summed E-state index contributed by atoms with van der Waals surface area (Å²) in [5.41, 5.74) is 1.35. The van der Waals surface area contributed by atoms with Gasteiger partial charge in [-0.15, -0.1) is 11.8 Å². The Morgan fingerprint density at radius 2 is 1.96 bits per heavy atom. The standard InChI is InChI=1S/C18H17FN2O2S/c1-12-10-17(22)20-15-4-2-3-5-16(15)21(12)18(23)11-24-14-8-6-13(19)7-9-14/h2-9,12H,10-11H2,1H3,(H,20,22). The molecule has 2 aromatic carbocycles. The van der Waals surface area contributed by atoms with E-state index in [0.29, 0.717) is 11.4 Å². The van der Waals surface area contributed by atoms with Crippen LogP contribution >= 0.6 is 11.8 Å². The van der Waals surface area contributed by atoms with Crippen LogP contribution in [0.4, 0.5) is 15.8 Å². The summed E-state index contributed by atoms with van der Waals surface area (Å²) in [4.78, 5) is 27.2. The van der Waals surface area contributed by atoms with Gasteiger partial charge in [0.25, 0.3) is 0 Å². The molecule has 4 nitrogen and oxygen atoms in total. The molecule has 0 saturated carbocycles. The Hall–Kier alpha value is -2.34. The van der Waals surface area contributed by atoms with Crippen molar-refractivity contribution in [2.45, 2.75) is 24.3 Å². The van der Waals surface area contributed by atoms with Gasteiger partial charge in [0.2, 0.25) is 11.8 Å². The molecular formula is C18H17FN2O2S. The topological polar surface area (TPSA) is 49.4 Å². The fraction of sp³-hybridized carbons (Fsp3) is 0.222. The number of halogens is 1. The van der Waals surface area contributed by atoms with Crippen LogP contribution in [-0.4, -0.2) is 23.6 Å². The SMILES string of the molecule is CC1CC(=O)Nc2ccccc2N1C(=O)CSc1ccc(F)cc1. The third kappa shape index (κ3) is 3.59. The molecule has 1 N–H and O–H groups in total. The van der Waals surface area contributed by atoms with E-state index in [9.17, 15) is 14.0 Å². The average molecular weight is 344 g/mol. The van der Waals surface area contributed by atoms with Crippen molar-refractivity contribution in [2.75, 3.05) is 16.0 Å². The highest BCUT2D eigenvalue weighted by Crippen LogP contribution is 2.32. The van der Waals surface area contributed by atoms with Gasteiger partial charge in [0.15, 0.2) is 0 Å². The summed E-state index contributed by atoms with van der Waals surface area (Å²) >= 11 is 1.35. The molecular weight excluding hydrogens is 327 g/mol. The minimum Gasteiger partial charge on any atom is -0.324 e. The number of nitrogens with one attached hydrogen (secondary N) is 1. The van der Waals surface area contributed by atoms with Crippen LogP contribution in [0, 0.1) is 5.82 Å². The molecule has 6 heteroatoms. The Labute approximate surface area is 144 Å². The normalized spacial score (nSPS) is 17.0. The Morgan fingerprint density at radius 1 is 1.25 bits per heavy atom. The minimum atomic E-state index is -0.301. The summed E-state index contributed by atoms with van der Waals surface area (Å²) in [6.07, 6.45) is 0.252. The molecule has 0 radical (unpaired) electrons.